The van der Waals surface area contributed by atoms with Crippen molar-refractivity contribution in [2.24, 2.45) is 16.5 Å². The van der Waals surface area contributed by atoms with Gasteiger partial charge in [0.05, 0.1) is 0 Å². The summed E-state index contributed by atoms with van der Waals surface area (Å²) in [7, 11) is 0. The summed E-state index contributed by atoms with van der Waals surface area (Å²) in [6.45, 7) is 2.57. The zero-order chi connectivity index (χ0) is 22.9. The number of amides is 1. The van der Waals surface area contributed by atoms with Gasteiger partial charge in [0.2, 0.25) is 0 Å². The fourth-order valence-corrected chi connectivity index (χ4v) is 3.80. The van der Waals surface area contributed by atoms with Crippen LogP contribution in [0.3, 0.4) is 0 Å². The van der Waals surface area contributed by atoms with E-state index in [4.69, 9.17) is 16.6 Å². The maximum absolute atomic E-state index is 12.4. The molecule has 0 spiro atoms. The van der Waals surface area contributed by atoms with Crippen LogP contribution in [0, 0.1) is 0 Å². The first-order valence-corrected chi connectivity index (χ1v) is 11.0. The molecule has 170 valence electrons. The minimum atomic E-state index is -1.06. The Morgan fingerprint density at radius 1 is 1.03 bits per heavy atom. The summed E-state index contributed by atoms with van der Waals surface area (Å²) in [5.74, 6) is -1.48. The molecule has 0 aromatic heterocycles. The number of benzene rings is 2. The van der Waals surface area contributed by atoms with Gasteiger partial charge in [-0.2, -0.15) is 4.99 Å². The quantitative estimate of drug-likeness (QED) is 0.385. The summed E-state index contributed by atoms with van der Waals surface area (Å²) in [6.07, 6.45) is 5.12. The number of nitrogens with zero attached hydrogens (tertiary/aromatic N) is 2. The molecule has 1 aliphatic rings. The molecule has 0 unspecified atom stereocenters. The van der Waals surface area contributed by atoms with Crippen LogP contribution in [-0.4, -0.2) is 42.1 Å². The molecular weight excluding hydrogens is 406 g/mol. The number of carbonyl (C=O) groups excluding carboxylic acids is 1. The topological polar surface area (TPSA) is 134 Å². The lowest BCUT2D eigenvalue weighted by Gasteiger charge is -2.25. The third-order valence-electron chi connectivity index (χ3n) is 5.59. The second-order valence-corrected chi connectivity index (χ2v) is 8.03. The molecule has 6 N–H and O–H groups in total. The maximum Gasteiger partial charge on any atom is 0.320 e. The lowest BCUT2D eigenvalue weighted by molar-refractivity contribution is -0.138. The number of nitrogens with two attached hydrogens (primary N) is 2. The average molecular weight is 438 g/mol. The summed E-state index contributed by atoms with van der Waals surface area (Å²) >= 11 is 0. The highest BCUT2D eigenvalue weighted by atomic mass is 16.4. The number of hydrogen-bond acceptors (Lipinski definition) is 4. The van der Waals surface area contributed by atoms with E-state index in [0.29, 0.717) is 12.1 Å². The van der Waals surface area contributed by atoms with Crippen molar-refractivity contribution >= 4 is 23.5 Å². The number of anilines is 1. The van der Waals surface area contributed by atoms with E-state index in [0.717, 1.165) is 24.2 Å². The average Bonchev–Trinajstić information content (AvgIpc) is 3.08. The number of para-hydroxylation sites is 1. The van der Waals surface area contributed by atoms with E-state index in [1.54, 1.807) is 24.3 Å². The van der Waals surface area contributed by atoms with E-state index in [1.165, 1.54) is 31.4 Å². The van der Waals surface area contributed by atoms with Crippen molar-refractivity contribution in [1.82, 2.24) is 5.32 Å². The van der Waals surface area contributed by atoms with Gasteiger partial charge < -0.3 is 26.8 Å². The third-order valence-corrected chi connectivity index (χ3v) is 5.59. The molecule has 0 radical (unpaired) electrons. The van der Waals surface area contributed by atoms with Crippen LogP contribution in [0.15, 0.2) is 53.5 Å². The van der Waals surface area contributed by atoms with Gasteiger partial charge in [-0.25, -0.2) is 0 Å². The Morgan fingerprint density at radius 2 is 1.69 bits per heavy atom. The lowest BCUT2D eigenvalue weighted by atomic mass is 10.0. The van der Waals surface area contributed by atoms with E-state index >= 15 is 0 Å². The van der Waals surface area contributed by atoms with Gasteiger partial charge in [0, 0.05) is 30.9 Å². The second kappa shape index (κ2) is 11.3. The van der Waals surface area contributed by atoms with E-state index in [-0.39, 0.29) is 12.4 Å². The summed E-state index contributed by atoms with van der Waals surface area (Å²) in [5, 5.41) is 11.9. The van der Waals surface area contributed by atoms with Crippen molar-refractivity contribution in [2.75, 3.05) is 18.0 Å². The van der Waals surface area contributed by atoms with E-state index in [2.05, 4.69) is 27.3 Å². The SMILES string of the molecule is N/C(=N\C(=O)c1ccc(C[C@H](N)C(=O)O)cc1)NCc1ccccc1N1CCCCCC1. The molecule has 0 bridgehead atoms. The number of carbonyl (C=O) groups is 2. The summed E-state index contributed by atoms with van der Waals surface area (Å²) in [4.78, 5) is 29.7. The Labute approximate surface area is 188 Å². The standard InChI is InChI=1S/C24H31N5O3/c25-20(23(31)32)15-17-9-11-18(12-10-17)22(30)28-24(26)27-16-19-7-3-4-8-21(19)29-13-5-1-2-6-14-29/h3-4,7-12,20H,1-2,5-6,13-16,25H2,(H,31,32)(H3,26,27,28,30)/t20-/m0/s1. The summed E-state index contributed by atoms with van der Waals surface area (Å²) in [6, 6.07) is 13.8. The normalized spacial score (nSPS) is 15.7. The van der Waals surface area contributed by atoms with E-state index < -0.39 is 17.9 Å². The zero-order valence-corrected chi connectivity index (χ0v) is 18.2. The number of carboxylic acids is 1. The van der Waals surface area contributed by atoms with Crippen LogP contribution in [0.2, 0.25) is 0 Å². The summed E-state index contributed by atoms with van der Waals surface area (Å²) in [5.41, 5.74) is 14.9. The molecule has 1 fully saturated rings. The highest BCUT2D eigenvalue weighted by Crippen LogP contribution is 2.23. The van der Waals surface area contributed by atoms with Gasteiger partial charge in [-0.1, -0.05) is 43.2 Å². The van der Waals surface area contributed by atoms with Gasteiger partial charge in [-0.3, -0.25) is 9.59 Å². The molecule has 3 rings (SSSR count). The molecular formula is C24H31N5O3. The van der Waals surface area contributed by atoms with E-state index in [1.807, 2.05) is 12.1 Å². The molecule has 0 saturated carbocycles. The van der Waals surface area contributed by atoms with Crippen LogP contribution in [-0.2, 0) is 17.8 Å². The second-order valence-electron chi connectivity index (χ2n) is 8.03. The van der Waals surface area contributed by atoms with Gasteiger partial charge in [-0.15, -0.1) is 0 Å². The minimum absolute atomic E-state index is 0.0534. The minimum Gasteiger partial charge on any atom is -0.480 e. The van der Waals surface area contributed by atoms with Gasteiger partial charge >= 0.3 is 5.97 Å². The molecule has 8 heteroatoms. The Hall–Kier alpha value is -3.39. The molecule has 1 saturated heterocycles. The fourth-order valence-electron chi connectivity index (χ4n) is 3.80. The predicted octanol–water partition coefficient (Wildman–Crippen LogP) is 2.27. The smallest absolute Gasteiger partial charge is 0.320 e. The number of hydrogen-bond donors (Lipinski definition) is 4. The largest absolute Gasteiger partial charge is 0.480 e. The van der Waals surface area contributed by atoms with Crippen molar-refractivity contribution in [3.63, 3.8) is 0 Å². The molecule has 1 aliphatic heterocycles. The molecule has 0 aliphatic carbocycles. The van der Waals surface area contributed by atoms with Crippen molar-refractivity contribution in [3.8, 4) is 0 Å². The summed E-state index contributed by atoms with van der Waals surface area (Å²) < 4.78 is 0. The van der Waals surface area contributed by atoms with Crippen molar-refractivity contribution in [3.05, 3.63) is 65.2 Å². The van der Waals surface area contributed by atoms with Crippen LogP contribution >= 0.6 is 0 Å². The number of aliphatic imine (C=N–C) groups is 1. The first-order chi connectivity index (χ1) is 15.4. The molecule has 2 aromatic rings. The number of nitrogens with one attached hydrogen (secondary N) is 1. The Kier molecular flexibility index (Phi) is 8.21. The molecule has 1 amide bonds. The number of rotatable bonds is 7. The number of guanidine groups is 1. The molecule has 8 nitrogen and oxygen atoms in total. The van der Waals surface area contributed by atoms with Crippen LogP contribution in [0.5, 0.6) is 0 Å². The maximum atomic E-state index is 12.4. The molecule has 1 heterocycles. The van der Waals surface area contributed by atoms with Crippen molar-refractivity contribution in [2.45, 2.75) is 44.7 Å². The van der Waals surface area contributed by atoms with Crippen molar-refractivity contribution < 1.29 is 14.7 Å². The van der Waals surface area contributed by atoms with Gasteiger partial charge in [0.15, 0.2) is 5.96 Å². The zero-order valence-electron chi connectivity index (χ0n) is 18.2. The Morgan fingerprint density at radius 3 is 2.34 bits per heavy atom. The highest BCUT2D eigenvalue weighted by molar-refractivity contribution is 6.02. The van der Waals surface area contributed by atoms with Crippen LogP contribution < -0.4 is 21.7 Å². The Balaban J connectivity index is 1.60. The predicted molar refractivity (Wildman–Crippen MR) is 126 cm³/mol. The van der Waals surface area contributed by atoms with Crippen molar-refractivity contribution in [1.29, 1.82) is 0 Å². The first-order valence-electron chi connectivity index (χ1n) is 11.0. The van der Waals surface area contributed by atoms with Crippen LogP contribution in [0.4, 0.5) is 5.69 Å². The number of carboxylic acid groups (broad SMARTS) is 1. The molecule has 32 heavy (non-hydrogen) atoms. The Bertz CT molecular complexity index is 950. The first kappa shape index (κ1) is 23.3. The van der Waals surface area contributed by atoms with Crippen LogP contribution in [0.1, 0.15) is 47.2 Å². The fraction of sp³-hybridized carbons (Fsp3) is 0.375. The van der Waals surface area contributed by atoms with Gasteiger partial charge in [0.1, 0.15) is 6.04 Å². The van der Waals surface area contributed by atoms with Gasteiger partial charge in [-0.05, 0) is 48.6 Å². The molecule has 1 atom stereocenters. The molecule has 2 aromatic carbocycles. The monoisotopic (exact) mass is 437 g/mol. The third kappa shape index (κ3) is 6.55. The number of aliphatic carboxylic acids is 1. The highest BCUT2D eigenvalue weighted by Gasteiger charge is 2.14. The lowest BCUT2D eigenvalue weighted by Crippen LogP contribution is -2.33. The van der Waals surface area contributed by atoms with Gasteiger partial charge in [0.25, 0.3) is 5.91 Å². The van der Waals surface area contributed by atoms with E-state index in [9.17, 15) is 9.59 Å². The van der Waals surface area contributed by atoms with Crippen LogP contribution in [0.25, 0.3) is 0 Å².